The summed E-state index contributed by atoms with van der Waals surface area (Å²) < 4.78 is 0. The Kier molecular flexibility index (Phi) is 4.38. The average molecular weight is 269 g/mol. The SMILES string of the molecule is CN(C)c1ccc(C(=O)Nc2ccc(CN)cc2)cc1. The molecule has 0 bridgehead atoms. The Hall–Kier alpha value is -2.33. The predicted molar refractivity (Wildman–Crippen MR) is 83.1 cm³/mol. The molecule has 104 valence electrons. The van der Waals surface area contributed by atoms with Gasteiger partial charge in [0.25, 0.3) is 5.91 Å². The van der Waals surface area contributed by atoms with E-state index < -0.39 is 0 Å². The van der Waals surface area contributed by atoms with E-state index in [1.807, 2.05) is 67.5 Å². The predicted octanol–water partition coefficient (Wildman–Crippen LogP) is 2.46. The van der Waals surface area contributed by atoms with Crippen molar-refractivity contribution >= 4 is 17.3 Å². The molecule has 0 aromatic heterocycles. The van der Waals surface area contributed by atoms with E-state index in [1.165, 1.54) is 0 Å². The minimum atomic E-state index is -0.115. The van der Waals surface area contributed by atoms with Crippen molar-refractivity contribution in [3.8, 4) is 0 Å². The molecular formula is C16H19N3O. The van der Waals surface area contributed by atoms with Crippen LogP contribution >= 0.6 is 0 Å². The molecule has 0 aliphatic carbocycles. The zero-order valence-electron chi connectivity index (χ0n) is 11.8. The summed E-state index contributed by atoms with van der Waals surface area (Å²) in [5.74, 6) is -0.115. The minimum Gasteiger partial charge on any atom is -0.378 e. The van der Waals surface area contributed by atoms with Crippen LogP contribution in [0.15, 0.2) is 48.5 Å². The summed E-state index contributed by atoms with van der Waals surface area (Å²) in [7, 11) is 3.93. The third-order valence-corrected chi connectivity index (χ3v) is 3.09. The number of benzene rings is 2. The van der Waals surface area contributed by atoms with Gasteiger partial charge in [-0.25, -0.2) is 0 Å². The van der Waals surface area contributed by atoms with Gasteiger partial charge in [0.1, 0.15) is 0 Å². The van der Waals surface area contributed by atoms with E-state index >= 15 is 0 Å². The lowest BCUT2D eigenvalue weighted by molar-refractivity contribution is 0.102. The second-order valence-electron chi connectivity index (χ2n) is 4.80. The molecule has 20 heavy (non-hydrogen) atoms. The number of hydrogen-bond acceptors (Lipinski definition) is 3. The quantitative estimate of drug-likeness (QED) is 0.896. The number of amides is 1. The summed E-state index contributed by atoms with van der Waals surface area (Å²) >= 11 is 0. The number of hydrogen-bond donors (Lipinski definition) is 2. The van der Waals surface area contributed by atoms with Crippen molar-refractivity contribution in [1.82, 2.24) is 0 Å². The molecular weight excluding hydrogens is 250 g/mol. The van der Waals surface area contributed by atoms with Gasteiger partial charge in [0.15, 0.2) is 0 Å². The second-order valence-corrected chi connectivity index (χ2v) is 4.80. The number of nitrogens with zero attached hydrogens (tertiary/aromatic N) is 1. The molecule has 3 N–H and O–H groups in total. The number of carbonyl (C=O) groups is 1. The Bertz CT molecular complexity index is 574. The van der Waals surface area contributed by atoms with E-state index in [0.717, 1.165) is 16.9 Å². The molecule has 2 rings (SSSR count). The van der Waals surface area contributed by atoms with E-state index in [2.05, 4.69) is 5.32 Å². The summed E-state index contributed by atoms with van der Waals surface area (Å²) in [6.45, 7) is 0.500. The van der Waals surface area contributed by atoms with Crippen molar-refractivity contribution in [2.75, 3.05) is 24.3 Å². The van der Waals surface area contributed by atoms with Crippen molar-refractivity contribution in [3.63, 3.8) is 0 Å². The molecule has 0 spiro atoms. The maximum absolute atomic E-state index is 12.1. The van der Waals surface area contributed by atoms with Crippen LogP contribution in [0.3, 0.4) is 0 Å². The van der Waals surface area contributed by atoms with Gasteiger partial charge in [-0.2, -0.15) is 0 Å². The number of nitrogens with one attached hydrogen (secondary N) is 1. The van der Waals surface area contributed by atoms with Gasteiger partial charge < -0.3 is 16.0 Å². The fourth-order valence-corrected chi connectivity index (χ4v) is 1.84. The van der Waals surface area contributed by atoms with Gasteiger partial charge in [0, 0.05) is 37.6 Å². The summed E-state index contributed by atoms with van der Waals surface area (Å²) in [4.78, 5) is 14.1. The Balaban J connectivity index is 2.07. The second kappa shape index (κ2) is 6.21. The normalized spacial score (nSPS) is 10.2. The van der Waals surface area contributed by atoms with E-state index in [1.54, 1.807) is 0 Å². The Morgan fingerprint density at radius 2 is 1.65 bits per heavy atom. The first-order valence-electron chi connectivity index (χ1n) is 6.48. The summed E-state index contributed by atoms with van der Waals surface area (Å²) in [5, 5.41) is 2.86. The first kappa shape index (κ1) is 14.1. The van der Waals surface area contributed by atoms with Crippen molar-refractivity contribution in [2.24, 2.45) is 5.73 Å². The number of carbonyl (C=O) groups excluding carboxylic acids is 1. The molecule has 0 saturated carbocycles. The summed E-state index contributed by atoms with van der Waals surface area (Å²) in [6, 6.07) is 15.0. The number of rotatable bonds is 4. The summed E-state index contributed by atoms with van der Waals surface area (Å²) in [6.07, 6.45) is 0. The molecule has 0 atom stereocenters. The first-order chi connectivity index (χ1) is 9.60. The largest absolute Gasteiger partial charge is 0.378 e. The maximum Gasteiger partial charge on any atom is 0.255 e. The molecule has 1 amide bonds. The third-order valence-electron chi connectivity index (χ3n) is 3.09. The van der Waals surface area contributed by atoms with Crippen molar-refractivity contribution in [1.29, 1.82) is 0 Å². The molecule has 4 nitrogen and oxygen atoms in total. The van der Waals surface area contributed by atoms with Gasteiger partial charge in [-0.1, -0.05) is 12.1 Å². The van der Waals surface area contributed by atoms with Crippen LogP contribution in [0.4, 0.5) is 11.4 Å². The lowest BCUT2D eigenvalue weighted by Gasteiger charge is -2.12. The molecule has 4 heteroatoms. The lowest BCUT2D eigenvalue weighted by Crippen LogP contribution is -2.13. The van der Waals surface area contributed by atoms with Crippen LogP contribution in [-0.4, -0.2) is 20.0 Å². The van der Waals surface area contributed by atoms with Crippen LogP contribution in [-0.2, 0) is 6.54 Å². The topological polar surface area (TPSA) is 58.4 Å². The molecule has 0 aliphatic heterocycles. The van der Waals surface area contributed by atoms with Gasteiger partial charge >= 0.3 is 0 Å². The Morgan fingerprint density at radius 1 is 1.05 bits per heavy atom. The van der Waals surface area contributed by atoms with Crippen LogP contribution in [0.5, 0.6) is 0 Å². The van der Waals surface area contributed by atoms with Gasteiger partial charge in [-0.3, -0.25) is 4.79 Å². The molecule has 0 aliphatic rings. The Labute approximate surface area is 119 Å². The van der Waals surface area contributed by atoms with E-state index in [0.29, 0.717) is 12.1 Å². The highest BCUT2D eigenvalue weighted by molar-refractivity contribution is 6.04. The average Bonchev–Trinajstić information content (AvgIpc) is 2.48. The smallest absolute Gasteiger partial charge is 0.255 e. The van der Waals surface area contributed by atoms with E-state index in [4.69, 9.17) is 5.73 Å². The highest BCUT2D eigenvalue weighted by Gasteiger charge is 2.06. The molecule has 0 unspecified atom stereocenters. The zero-order valence-corrected chi connectivity index (χ0v) is 11.8. The monoisotopic (exact) mass is 269 g/mol. The van der Waals surface area contributed by atoms with Crippen molar-refractivity contribution in [2.45, 2.75) is 6.54 Å². The maximum atomic E-state index is 12.1. The summed E-state index contributed by atoms with van der Waals surface area (Å²) in [5.41, 5.74) is 9.05. The number of anilines is 2. The molecule has 0 heterocycles. The molecule has 0 saturated heterocycles. The number of nitrogens with two attached hydrogens (primary N) is 1. The van der Waals surface area contributed by atoms with Crippen LogP contribution in [0.1, 0.15) is 15.9 Å². The van der Waals surface area contributed by atoms with Crippen LogP contribution in [0, 0.1) is 0 Å². The van der Waals surface area contributed by atoms with Gasteiger partial charge in [0.05, 0.1) is 0 Å². The highest BCUT2D eigenvalue weighted by atomic mass is 16.1. The van der Waals surface area contributed by atoms with E-state index in [-0.39, 0.29) is 5.91 Å². The van der Waals surface area contributed by atoms with Crippen molar-refractivity contribution < 1.29 is 4.79 Å². The molecule has 2 aromatic rings. The van der Waals surface area contributed by atoms with E-state index in [9.17, 15) is 4.79 Å². The first-order valence-corrected chi connectivity index (χ1v) is 6.48. The van der Waals surface area contributed by atoms with Crippen LogP contribution in [0.2, 0.25) is 0 Å². The van der Waals surface area contributed by atoms with Crippen LogP contribution < -0.4 is 16.0 Å². The fourth-order valence-electron chi connectivity index (χ4n) is 1.84. The van der Waals surface area contributed by atoms with Gasteiger partial charge in [0.2, 0.25) is 0 Å². The minimum absolute atomic E-state index is 0.115. The van der Waals surface area contributed by atoms with Crippen molar-refractivity contribution in [3.05, 3.63) is 59.7 Å². The third kappa shape index (κ3) is 3.36. The molecule has 0 radical (unpaired) electrons. The van der Waals surface area contributed by atoms with Gasteiger partial charge in [-0.15, -0.1) is 0 Å². The lowest BCUT2D eigenvalue weighted by atomic mass is 10.1. The standard InChI is InChI=1S/C16H19N3O/c1-19(2)15-9-5-13(6-10-15)16(20)18-14-7-3-12(11-17)4-8-14/h3-10H,11,17H2,1-2H3,(H,18,20). The molecule has 2 aromatic carbocycles. The highest BCUT2D eigenvalue weighted by Crippen LogP contribution is 2.14. The zero-order chi connectivity index (χ0) is 14.5. The fraction of sp³-hybridized carbons (Fsp3) is 0.188. The van der Waals surface area contributed by atoms with Gasteiger partial charge in [-0.05, 0) is 42.0 Å². The Morgan fingerprint density at radius 3 is 2.15 bits per heavy atom. The molecule has 0 fully saturated rings. The van der Waals surface area contributed by atoms with Crippen LogP contribution in [0.25, 0.3) is 0 Å².